The first-order chi connectivity index (χ1) is 9.83. The largest absolute Gasteiger partial charge is 0.353 e. The van der Waals surface area contributed by atoms with E-state index in [-0.39, 0.29) is 0 Å². The Morgan fingerprint density at radius 1 is 1.10 bits per heavy atom. The van der Waals surface area contributed by atoms with Gasteiger partial charge in [-0.2, -0.15) is 0 Å². The molecular weight excluding hydrogens is 274 g/mol. The molecule has 0 saturated carbocycles. The van der Waals surface area contributed by atoms with E-state index in [0.717, 1.165) is 44.2 Å². The van der Waals surface area contributed by atoms with E-state index in [1.165, 1.54) is 0 Å². The standard InChI is InChI=1S/C14H16ClN5/c15-13-9-16-11-18-14(13)20-7-5-19(6-8-20)10-12-3-1-2-4-17-12/h1-4,9,11H,5-8,10H2. The van der Waals surface area contributed by atoms with Gasteiger partial charge in [-0.05, 0) is 12.1 Å². The van der Waals surface area contributed by atoms with Crippen molar-refractivity contribution in [2.45, 2.75) is 6.54 Å². The molecule has 0 aromatic carbocycles. The van der Waals surface area contributed by atoms with Crippen LogP contribution in [0.4, 0.5) is 5.82 Å². The molecule has 0 aliphatic carbocycles. The zero-order chi connectivity index (χ0) is 13.8. The summed E-state index contributed by atoms with van der Waals surface area (Å²) in [4.78, 5) is 17.2. The molecule has 6 heteroatoms. The lowest BCUT2D eigenvalue weighted by molar-refractivity contribution is 0.246. The fraction of sp³-hybridized carbons (Fsp3) is 0.357. The van der Waals surface area contributed by atoms with Crippen LogP contribution in [-0.4, -0.2) is 46.0 Å². The molecule has 1 aliphatic heterocycles. The summed E-state index contributed by atoms with van der Waals surface area (Å²) in [7, 11) is 0. The normalized spacial score (nSPS) is 16.4. The van der Waals surface area contributed by atoms with Gasteiger partial charge in [0.1, 0.15) is 11.3 Å². The lowest BCUT2D eigenvalue weighted by atomic mass is 10.2. The van der Waals surface area contributed by atoms with Gasteiger partial charge in [0, 0.05) is 38.9 Å². The molecule has 1 aliphatic rings. The van der Waals surface area contributed by atoms with Crippen molar-refractivity contribution < 1.29 is 0 Å². The first kappa shape index (κ1) is 13.3. The molecule has 2 aromatic rings. The Hall–Kier alpha value is -1.72. The highest BCUT2D eigenvalue weighted by Crippen LogP contribution is 2.22. The van der Waals surface area contributed by atoms with E-state index in [1.54, 1.807) is 12.5 Å². The van der Waals surface area contributed by atoms with Crippen molar-refractivity contribution in [1.29, 1.82) is 0 Å². The highest BCUT2D eigenvalue weighted by Gasteiger charge is 2.20. The Morgan fingerprint density at radius 3 is 2.65 bits per heavy atom. The summed E-state index contributed by atoms with van der Waals surface area (Å²) in [5, 5.41) is 0.616. The first-order valence-corrected chi connectivity index (χ1v) is 7.03. The van der Waals surface area contributed by atoms with Crippen molar-refractivity contribution in [3.63, 3.8) is 0 Å². The van der Waals surface area contributed by atoms with Gasteiger partial charge in [-0.3, -0.25) is 9.88 Å². The SMILES string of the molecule is Clc1cncnc1N1CCN(Cc2ccccn2)CC1. The number of anilines is 1. The summed E-state index contributed by atoms with van der Waals surface area (Å²) >= 11 is 6.13. The lowest BCUT2D eigenvalue weighted by Crippen LogP contribution is -2.46. The third-order valence-electron chi connectivity index (χ3n) is 3.43. The number of piperazine rings is 1. The fourth-order valence-electron chi connectivity index (χ4n) is 2.38. The molecule has 20 heavy (non-hydrogen) atoms. The molecule has 3 heterocycles. The van der Waals surface area contributed by atoms with Crippen LogP contribution < -0.4 is 4.90 Å². The Balaban J connectivity index is 1.59. The summed E-state index contributed by atoms with van der Waals surface area (Å²) in [5.74, 6) is 0.833. The number of hydrogen-bond acceptors (Lipinski definition) is 5. The molecule has 0 spiro atoms. The van der Waals surface area contributed by atoms with Gasteiger partial charge in [0.2, 0.25) is 0 Å². The summed E-state index contributed by atoms with van der Waals surface area (Å²) in [6.45, 7) is 4.70. The third kappa shape index (κ3) is 3.05. The quantitative estimate of drug-likeness (QED) is 0.863. The first-order valence-electron chi connectivity index (χ1n) is 6.65. The second-order valence-corrected chi connectivity index (χ2v) is 5.19. The molecule has 5 nitrogen and oxygen atoms in total. The molecular formula is C14H16ClN5. The number of hydrogen-bond donors (Lipinski definition) is 0. The molecule has 1 saturated heterocycles. The smallest absolute Gasteiger partial charge is 0.150 e. The van der Waals surface area contributed by atoms with Gasteiger partial charge in [0.15, 0.2) is 5.82 Å². The van der Waals surface area contributed by atoms with E-state index in [1.807, 2.05) is 18.3 Å². The predicted molar refractivity (Wildman–Crippen MR) is 78.8 cm³/mol. The highest BCUT2D eigenvalue weighted by atomic mass is 35.5. The average Bonchev–Trinajstić information content (AvgIpc) is 2.50. The van der Waals surface area contributed by atoms with Crippen LogP contribution in [0, 0.1) is 0 Å². The van der Waals surface area contributed by atoms with Gasteiger partial charge in [0.25, 0.3) is 0 Å². The van der Waals surface area contributed by atoms with Crippen LogP contribution in [0.5, 0.6) is 0 Å². The topological polar surface area (TPSA) is 45.2 Å². The number of aromatic nitrogens is 3. The minimum Gasteiger partial charge on any atom is -0.353 e. The van der Waals surface area contributed by atoms with E-state index in [0.29, 0.717) is 5.02 Å². The Labute approximate surface area is 123 Å². The van der Waals surface area contributed by atoms with Crippen LogP contribution in [0.15, 0.2) is 36.9 Å². The zero-order valence-electron chi connectivity index (χ0n) is 11.1. The maximum Gasteiger partial charge on any atom is 0.150 e. The fourth-order valence-corrected chi connectivity index (χ4v) is 2.60. The molecule has 0 N–H and O–H groups in total. The molecule has 1 fully saturated rings. The maximum absolute atomic E-state index is 6.13. The van der Waals surface area contributed by atoms with Crippen molar-refractivity contribution in [2.75, 3.05) is 31.1 Å². The Kier molecular flexibility index (Phi) is 4.08. The molecule has 104 valence electrons. The van der Waals surface area contributed by atoms with Crippen LogP contribution in [0.1, 0.15) is 5.69 Å². The van der Waals surface area contributed by atoms with Crippen LogP contribution in [0.25, 0.3) is 0 Å². The Bertz CT molecular complexity index is 555. The van der Waals surface area contributed by atoms with E-state index in [4.69, 9.17) is 11.6 Å². The molecule has 0 bridgehead atoms. The summed E-state index contributed by atoms with van der Waals surface area (Å²) in [6.07, 6.45) is 5.03. The minimum absolute atomic E-state index is 0.616. The molecule has 0 radical (unpaired) electrons. The van der Waals surface area contributed by atoms with Gasteiger partial charge >= 0.3 is 0 Å². The molecule has 0 unspecified atom stereocenters. The molecule has 3 rings (SSSR count). The maximum atomic E-state index is 6.13. The number of pyridine rings is 1. The number of halogens is 1. The van der Waals surface area contributed by atoms with Crippen molar-refractivity contribution in [3.05, 3.63) is 47.6 Å². The summed E-state index contributed by atoms with van der Waals surface area (Å²) in [5.41, 5.74) is 1.11. The van der Waals surface area contributed by atoms with Crippen LogP contribution >= 0.6 is 11.6 Å². The van der Waals surface area contributed by atoms with Crippen molar-refractivity contribution in [1.82, 2.24) is 19.9 Å². The monoisotopic (exact) mass is 289 g/mol. The van der Waals surface area contributed by atoms with Gasteiger partial charge in [-0.15, -0.1) is 0 Å². The van der Waals surface area contributed by atoms with Crippen LogP contribution in [0.3, 0.4) is 0 Å². The highest BCUT2D eigenvalue weighted by molar-refractivity contribution is 6.32. The van der Waals surface area contributed by atoms with Gasteiger partial charge < -0.3 is 4.90 Å². The number of nitrogens with zero attached hydrogens (tertiary/aromatic N) is 5. The molecule has 0 atom stereocenters. The predicted octanol–water partition coefficient (Wildman–Crippen LogP) is 1.85. The van der Waals surface area contributed by atoms with E-state index in [2.05, 4.69) is 30.8 Å². The second-order valence-electron chi connectivity index (χ2n) is 4.78. The average molecular weight is 290 g/mol. The van der Waals surface area contributed by atoms with Crippen molar-refractivity contribution in [3.8, 4) is 0 Å². The van der Waals surface area contributed by atoms with E-state index in [9.17, 15) is 0 Å². The zero-order valence-corrected chi connectivity index (χ0v) is 11.9. The van der Waals surface area contributed by atoms with Gasteiger partial charge in [0.05, 0.1) is 11.9 Å². The van der Waals surface area contributed by atoms with Crippen molar-refractivity contribution >= 4 is 17.4 Å². The Morgan fingerprint density at radius 2 is 1.95 bits per heavy atom. The van der Waals surface area contributed by atoms with E-state index >= 15 is 0 Å². The van der Waals surface area contributed by atoms with Crippen LogP contribution in [0.2, 0.25) is 5.02 Å². The third-order valence-corrected chi connectivity index (χ3v) is 3.70. The summed E-state index contributed by atoms with van der Waals surface area (Å²) < 4.78 is 0. The van der Waals surface area contributed by atoms with Crippen LogP contribution in [-0.2, 0) is 6.54 Å². The van der Waals surface area contributed by atoms with Crippen molar-refractivity contribution in [2.24, 2.45) is 0 Å². The summed E-state index contributed by atoms with van der Waals surface area (Å²) in [6, 6.07) is 6.03. The molecule has 0 amide bonds. The number of rotatable bonds is 3. The second kappa shape index (κ2) is 6.15. The van der Waals surface area contributed by atoms with Gasteiger partial charge in [-0.25, -0.2) is 9.97 Å². The van der Waals surface area contributed by atoms with Gasteiger partial charge in [-0.1, -0.05) is 17.7 Å². The van der Waals surface area contributed by atoms with E-state index < -0.39 is 0 Å². The minimum atomic E-state index is 0.616. The lowest BCUT2D eigenvalue weighted by Gasteiger charge is -2.35. The molecule has 2 aromatic heterocycles.